The van der Waals surface area contributed by atoms with Gasteiger partial charge in [0.1, 0.15) is 0 Å². The first-order valence-corrected chi connectivity index (χ1v) is 7.24. The third-order valence-corrected chi connectivity index (χ3v) is 4.02. The van der Waals surface area contributed by atoms with Crippen molar-refractivity contribution in [2.45, 2.75) is 33.1 Å². The van der Waals surface area contributed by atoms with Gasteiger partial charge in [0.15, 0.2) is 5.43 Å². The molecule has 0 aliphatic heterocycles. The molecule has 1 saturated carbocycles. The molecular weight excluding hydrogens is 240 g/mol. The average Bonchev–Trinajstić information content (AvgIpc) is 3.26. The number of fused-ring (bicyclic) bond motifs is 1. The zero-order valence-corrected chi connectivity index (χ0v) is 11.7. The molecule has 0 amide bonds. The van der Waals surface area contributed by atoms with Crippen molar-refractivity contribution >= 4 is 33.6 Å². The van der Waals surface area contributed by atoms with Crippen LogP contribution in [-0.2, 0) is 0 Å². The Morgan fingerprint density at radius 3 is 2.28 bits per heavy atom. The Bertz CT molecular complexity index is 705. The van der Waals surface area contributed by atoms with Gasteiger partial charge in [-0.3, -0.25) is 4.79 Å². The standard InChI is InChI=1S/C13H12OS.C3H6/c1-3-9-11(4-2)15-12-8-6-5-7-10(12)13(9)14;1-2-3-1/h3-8H,1-2H3;1-3H2/b9-3+,11-4+;. The van der Waals surface area contributed by atoms with Crippen molar-refractivity contribution in [2.24, 2.45) is 0 Å². The van der Waals surface area contributed by atoms with E-state index in [4.69, 9.17) is 0 Å². The molecule has 1 aromatic heterocycles. The molecule has 1 aliphatic carbocycles. The summed E-state index contributed by atoms with van der Waals surface area (Å²) in [5.74, 6) is 0. The van der Waals surface area contributed by atoms with Gasteiger partial charge in [0.2, 0.25) is 0 Å². The van der Waals surface area contributed by atoms with Gasteiger partial charge in [0, 0.05) is 19.8 Å². The number of hydrogen-bond donors (Lipinski definition) is 0. The van der Waals surface area contributed by atoms with Gasteiger partial charge in [-0.15, -0.1) is 11.3 Å². The molecule has 1 aliphatic rings. The Morgan fingerprint density at radius 1 is 1.06 bits per heavy atom. The molecule has 2 heteroatoms. The quantitative estimate of drug-likeness (QED) is 0.710. The molecule has 1 fully saturated rings. The Hall–Kier alpha value is -1.41. The highest BCUT2D eigenvalue weighted by Crippen LogP contribution is 2.14. The van der Waals surface area contributed by atoms with Crippen LogP contribution in [0.5, 0.6) is 0 Å². The van der Waals surface area contributed by atoms with Crippen LogP contribution in [0.25, 0.3) is 22.2 Å². The highest BCUT2D eigenvalue weighted by molar-refractivity contribution is 7.16. The summed E-state index contributed by atoms with van der Waals surface area (Å²) in [6.45, 7) is 3.87. The van der Waals surface area contributed by atoms with Crippen LogP contribution < -0.4 is 15.2 Å². The van der Waals surface area contributed by atoms with Crippen molar-refractivity contribution in [3.05, 3.63) is 44.2 Å². The molecule has 0 bridgehead atoms. The predicted molar refractivity (Wildman–Crippen MR) is 81.5 cm³/mol. The minimum atomic E-state index is 0.139. The van der Waals surface area contributed by atoms with Gasteiger partial charge in [-0.1, -0.05) is 43.5 Å². The first kappa shape index (κ1) is 13.0. The fourth-order valence-corrected chi connectivity index (χ4v) is 2.75. The lowest BCUT2D eigenvalue weighted by Crippen LogP contribution is -2.36. The van der Waals surface area contributed by atoms with E-state index in [1.165, 1.54) is 19.3 Å². The Kier molecular flexibility index (Phi) is 4.32. The van der Waals surface area contributed by atoms with Crippen molar-refractivity contribution in [3.8, 4) is 0 Å². The summed E-state index contributed by atoms with van der Waals surface area (Å²) < 4.78 is 2.11. The largest absolute Gasteiger partial charge is 0.289 e. The summed E-state index contributed by atoms with van der Waals surface area (Å²) in [6, 6.07) is 7.76. The third-order valence-electron chi connectivity index (χ3n) is 2.77. The second-order valence-electron chi connectivity index (χ2n) is 4.34. The van der Waals surface area contributed by atoms with Gasteiger partial charge in [-0.05, 0) is 26.0 Å². The first-order valence-electron chi connectivity index (χ1n) is 6.42. The van der Waals surface area contributed by atoms with Crippen LogP contribution in [0, 0.1) is 0 Å². The maximum Gasteiger partial charge on any atom is 0.195 e. The third kappa shape index (κ3) is 2.88. The molecule has 3 rings (SSSR count). The van der Waals surface area contributed by atoms with E-state index < -0.39 is 0 Å². The normalized spacial score (nSPS) is 15.4. The highest BCUT2D eigenvalue weighted by Gasteiger charge is 2.00. The molecule has 0 radical (unpaired) electrons. The second-order valence-corrected chi connectivity index (χ2v) is 5.43. The Balaban J connectivity index is 0.000000350. The van der Waals surface area contributed by atoms with E-state index in [1.54, 1.807) is 11.3 Å². The maximum atomic E-state index is 12.1. The maximum absolute atomic E-state index is 12.1. The second kappa shape index (κ2) is 5.96. The molecule has 2 aromatic rings. The van der Waals surface area contributed by atoms with Crippen molar-refractivity contribution in [2.75, 3.05) is 0 Å². The summed E-state index contributed by atoms with van der Waals surface area (Å²) in [5.41, 5.74) is 0.139. The minimum Gasteiger partial charge on any atom is -0.289 e. The molecule has 0 unspecified atom stereocenters. The molecule has 0 spiro atoms. The Morgan fingerprint density at radius 2 is 1.72 bits per heavy atom. The topological polar surface area (TPSA) is 17.1 Å². The monoisotopic (exact) mass is 258 g/mol. The molecule has 1 nitrogen and oxygen atoms in total. The molecule has 0 saturated heterocycles. The van der Waals surface area contributed by atoms with Crippen LogP contribution in [0.2, 0.25) is 0 Å². The van der Waals surface area contributed by atoms with Crippen LogP contribution in [0.15, 0.2) is 29.1 Å². The van der Waals surface area contributed by atoms with Gasteiger partial charge >= 0.3 is 0 Å². The van der Waals surface area contributed by atoms with Crippen molar-refractivity contribution in [1.82, 2.24) is 0 Å². The van der Waals surface area contributed by atoms with Crippen molar-refractivity contribution in [3.63, 3.8) is 0 Å². The minimum absolute atomic E-state index is 0.139. The van der Waals surface area contributed by atoms with E-state index in [0.717, 1.165) is 19.8 Å². The van der Waals surface area contributed by atoms with Crippen LogP contribution in [0.1, 0.15) is 33.1 Å². The van der Waals surface area contributed by atoms with E-state index in [1.807, 2.05) is 50.3 Å². The number of benzene rings is 1. The van der Waals surface area contributed by atoms with Crippen molar-refractivity contribution in [1.29, 1.82) is 0 Å². The van der Waals surface area contributed by atoms with Crippen LogP contribution in [-0.4, -0.2) is 0 Å². The fraction of sp³-hybridized carbons (Fsp3) is 0.312. The van der Waals surface area contributed by atoms with E-state index in [0.29, 0.717) is 0 Å². The molecular formula is C16H18OS. The number of hydrogen-bond acceptors (Lipinski definition) is 2. The molecule has 0 atom stereocenters. The zero-order chi connectivity index (χ0) is 13.0. The molecule has 18 heavy (non-hydrogen) atoms. The summed E-state index contributed by atoms with van der Waals surface area (Å²) in [4.78, 5) is 12.1. The van der Waals surface area contributed by atoms with Gasteiger partial charge in [0.25, 0.3) is 0 Å². The predicted octanol–water partition coefficient (Wildman–Crippen LogP) is 3.03. The molecule has 1 aromatic carbocycles. The molecule has 94 valence electrons. The highest BCUT2D eigenvalue weighted by atomic mass is 32.1. The van der Waals surface area contributed by atoms with Crippen LogP contribution in [0.4, 0.5) is 0 Å². The van der Waals surface area contributed by atoms with E-state index in [-0.39, 0.29) is 5.43 Å². The summed E-state index contributed by atoms with van der Waals surface area (Å²) in [7, 11) is 0. The summed E-state index contributed by atoms with van der Waals surface area (Å²) in [5, 5.41) is 1.64. The summed E-state index contributed by atoms with van der Waals surface area (Å²) >= 11 is 1.67. The van der Waals surface area contributed by atoms with E-state index in [2.05, 4.69) is 0 Å². The van der Waals surface area contributed by atoms with Gasteiger partial charge in [-0.25, -0.2) is 0 Å². The van der Waals surface area contributed by atoms with Crippen molar-refractivity contribution < 1.29 is 0 Å². The summed E-state index contributed by atoms with van der Waals surface area (Å²) in [6.07, 6.45) is 8.38. The van der Waals surface area contributed by atoms with Gasteiger partial charge < -0.3 is 0 Å². The van der Waals surface area contributed by atoms with Gasteiger partial charge in [0.05, 0.1) is 0 Å². The van der Waals surface area contributed by atoms with Crippen LogP contribution in [0.3, 0.4) is 0 Å². The molecule has 1 heterocycles. The zero-order valence-electron chi connectivity index (χ0n) is 10.9. The molecule has 0 N–H and O–H groups in total. The lowest BCUT2D eigenvalue weighted by atomic mass is 10.2. The smallest absolute Gasteiger partial charge is 0.195 e. The average molecular weight is 258 g/mol. The lowest BCUT2D eigenvalue weighted by molar-refractivity contribution is 1.50. The van der Waals surface area contributed by atoms with E-state index >= 15 is 0 Å². The first-order chi connectivity index (χ1) is 8.77. The lowest BCUT2D eigenvalue weighted by Gasteiger charge is -1.95. The number of rotatable bonds is 0. The SMILES string of the molecule is C/C=c1/c(=O)c2ccccc2s/c1=C/C.C1CC1. The Labute approximate surface area is 111 Å². The van der Waals surface area contributed by atoms with E-state index in [9.17, 15) is 4.79 Å². The van der Waals surface area contributed by atoms with Crippen LogP contribution >= 0.6 is 11.3 Å². The van der Waals surface area contributed by atoms with Gasteiger partial charge in [-0.2, -0.15) is 0 Å². The fourth-order valence-electron chi connectivity index (χ4n) is 1.66.